The van der Waals surface area contributed by atoms with Gasteiger partial charge in [-0.2, -0.15) is 5.26 Å². The van der Waals surface area contributed by atoms with Crippen LogP contribution in [0.1, 0.15) is 49.7 Å². The summed E-state index contributed by atoms with van der Waals surface area (Å²) in [6.07, 6.45) is 8.22. The number of nitrogens with one attached hydrogen (secondary N) is 2. The molecule has 4 aliphatic rings. The van der Waals surface area contributed by atoms with Gasteiger partial charge < -0.3 is 30.0 Å². The van der Waals surface area contributed by atoms with Crippen molar-refractivity contribution in [1.82, 2.24) is 24.9 Å². The molecule has 0 spiro atoms. The molecule has 0 unspecified atom stereocenters. The highest BCUT2D eigenvalue weighted by Gasteiger charge is 2.35. The fourth-order valence-electron chi connectivity index (χ4n) is 7.75. The molecule has 0 aromatic heterocycles. The molecule has 0 saturated carbocycles. The molecule has 2 aromatic carbocycles. The third-order valence-electron chi connectivity index (χ3n) is 10.6. The topological polar surface area (TPSA) is 128 Å². The molecular formula is C35H44Br2N8O3. The zero-order valence-corrected chi connectivity index (χ0v) is 30.5. The molecule has 4 heterocycles. The van der Waals surface area contributed by atoms with Gasteiger partial charge in [-0.15, -0.1) is 0 Å². The maximum absolute atomic E-state index is 14.2. The number of piperidine rings is 3. The number of hydrogen-bond acceptors (Lipinski definition) is 6. The van der Waals surface area contributed by atoms with E-state index in [1.807, 2.05) is 57.3 Å². The van der Waals surface area contributed by atoms with Gasteiger partial charge in [0.2, 0.25) is 11.9 Å². The van der Waals surface area contributed by atoms with Gasteiger partial charge in [-0.3, -0.25) is 10.1 Å². The number of aliphatic imine (C=N–C) groups is 1. The first-order valence-corrected chi connectivity index (χ1v) is 18.6. The number of guanidine groups is 1. The highest BCUT2D eigenvalue weighted by atomic mass is 79.9. The number of rotatable bonds is 6. The Morgan fingerprint density at radius 3 is 2.25 bits per heavy atom. The van der Waals surface area contributed by atoms with E-state index in [2.05, 4.69) is 54.4 Å². The molecule has 13 heteroatoms. The van der Waals surface area contributed by atoms with Crippen LogP contribution in [-0.2, 0) is 17.8 Å². The Morgan fingerprint density at radius 2 is 1.60 bits per heavy atom. The van der Waals surface area contributed by atoms with E-state index in [0.717, 1.165) is 48.7 Å². The number of phenolic OH excluding ortho intramolecular Hbond substituents is 1. The number of halogens is 2. The average molecular weight is 785 g/mol. The lowest BCUT2D eigenvalue weighted by molar-refractivity contribution is -0.134. The average Bonchev–Trinajstić information content (AvgIpc) is 3.10. The molecule has 11 nitrogen and oxygen atoms in total. The van der Waals surface area contributed by atoms with Crippen molar-refractivity contribution in [3.63, 3.8) is 0 Å². The van der Waals surface area contributed by atoms with Crippen LogP contribution in [0.4, 0.5) is 10.5 Å². The highest BCUT2D eigenvalue weighted by Crippen LogP contribution is 2.35. The minimum Gasteiger partial charge on any atom is -0.506 e. The maximum Gasteiger partial charge on any atom is 0.322 e. The fourth-order valence-corrected chi connectivity index (χ4v) is 9.03. The van der Waals surface area contributed by atoms with Crippen molar-refractivity contribution in [3.05, 3.63) is 56.5 Å². The molecule has 3 saturated heterocycles. The number of fused-ring (bicyclic) bond motifs is 1. The summed E-state index contributed by atoms with van der Waals surface area (Å²) in [6, 6.07) is 10.7. The summed E-state index contributed by atoms with van der Waals surface area (Å²) in [5.74, 6) is 1.79. The Labute approximate surface area is 299 Å². The number of likely N-dealkylation sites (tertiary alicyclic amines) is 3. The maximum atomic E-state index is 14.2. The number of amides is 3. The van der Waals surface area contributed by atoms with Gasteiger partial charge >= 0.3 is 6.03 Å². The number of anilines is 1. The second-order valence-corrected chi connectivity index (χ2v) is 15.3. The number of nitriles is 1. The van der Waals surface area contributed by atoms with Gasteiger partial charge in [0.05, 0.1) is 8.95 Å². The quantitative estimate of drug-likeness (QED) is 0.156. The van der Waals surface area contributed by atoms with Crippen molar-refractivity contribution < 1.29 is 14.7 Å². The zero-order valence-electron chi connectivity index (χ0n) is 27.4. The standard InChI is InChI=1S/C35H44Br2N8O3/c1-42-12-6-24(7-13-42)25-8-14-43(15-9-25)33(47)31(20-23-18-28(36)32(46)29(37)19-23)40-34(39-22-38)44-16-10-27(11-17-44)45-21-26-4-2-3-5-30(26)41-35(45)48/h2-5,18-19,24-25,27,31,46H,6-17,20-21H2,1H3,(H,39,40)(H,41,48)/t31-/m1/s1. The first-order chi connectivity index (χ1) is 23.2. The van der Waals surface area contributed by atoms with Crippen molar-refractivity contribution in [1.29, 1.82) is 5.26 Å². The monoisotopic (exact) mass is 782 g/mol. The SMILES string of the molecule is CN1CCC(C2CCN(C(=O)[C@@H](Cc3cc(Br)c(O)c(Br)c3)N=C(NC#N)N3CCC(N4Cc5ccccc5NC4=O)CC3)CC2)CC1. The third-order valence-corrected chi connectivity index (χ3v) is 11.8. The van der Waals surface area contributed by atoms with Gasteiger partial charge in [-0.05, 0) is 132 Å². The predicted octanol–water partition coefficient (Wildman–Crippen LogP) is 5.35. The third kappa shape index (κ3) is 7.92. The second kappa shape index (κ2) is 15.5. The first kappa shape index (κ1) is 34.5. The number of phenols is 1. The zero-order chi connectivity index (χ0) is 33.8. The highest BCUT2D eigenvalue weighted by molar-refractivity contribution is 9.11. The van der Waals surface area contributed by atoms with Crippen LogP contribution in [-0.4, -0.2) is 101 Å². The van der Waals surface area contributed by atoms with Gasteiger partial charge in [-0.25, -0.2) is 9.79 Å². The predicted molar refractivity (Wildman–Crippen MR) is 192 cm³/mol. The molecular weight excluding hydrogens is 740 g/mol. The van der Waals surface area contributed by atoms with Crippen LogP contribution < -0.4 is 10.6 Å². The van der Waals surface area contributed by atoms with E-state index in [-0.39, 0.29) is 23.7 Å². The largest absolute Gasteiger partial charge is 0.506 e. The van der Waals surface area contributed by atoms with E-state index in [0.29, 0.717) is 72.8 Å². The fraction of sp³-hybridized carbons (Fsp3) is 0.543. The molecule has 2 aromatic rings. The van der Waals surface area contributed by atoms with Gasteiger partial charge in [0.25, 0.3) is 0 Å². The summed E-state index contributed by atoms with van der Waals surface area (Å²) in [6.45, 7) is 5.43. The molecule has 256 valence electrons. The minimum atomic E-state index is -0.758. The summed E-state index contributed by atoms with van der Waals surface area (Å²) in [7, 11) is 2.19. The van der Waals surface area contributed by atoms with Crippen molar-refractivity contribution in [2.24, 2.45) is 16.8 Å². The Hall–Kier alpha value is -3.34. The molecule has 1 atom stereocenters. The van der Waals surface area contributed by atoms with Crippen LogP contribution in [0, 0.1) is 23.3 Å². The lowest BCUT2D eigenvalue weighted by Crippen LogP contribution is -2.53. The Balaban J connectivity index is 1.17. The van der Waals surface area contributed by atoms with E-state index in [1.165, 1.54) is 12.8 Å². The Bertz CT molecular complexity index is 1530. The molecule has 3 amide bonds. The Morgan fingerprint density at radius 1 is 1.00 bits per heavy atom. The molecule has 3 fully saturated rings. The van der Waals surface area contributed by atoms with E-state index < -0.39 is 6.04 Å². The summed E-state index contributed by atoms with van der Waals surface area (Å²) in [4.78, 5) is 40.4. The smallest absolute Gasteiger partial charge is 0.322 e. The first-order valence-electron chi connectivity index (χ1n) is 17.0. The molecule has 3 N–H and O–H groups in total. The Kier molecular flexibility index (Phi) is 11.1. The van der Waals surface area contributed by atoms with Gasteiger partial charge in [0, 0.05) is 50.9 Å². The number of aromatic hydroxyl groups is 1. The van der Waals surface area contributed by atoms with Gasteiger partial charge in [-0.1, -0.05) is 18.2 Å². The van der Waals surface area contributed by atoms with E-state index in [4.69, 9.17) is 4.99 Å². The van der Waals surface area contributed by atoms with Crippen LogP contribution in [0.15, 0.2) is 50.3 Å². The van der Waals surface area contributed by atoms with Crippen LogP contribution in [0.25, 0.3) is 0 Å². The van der Waals surface area contributed by atoms with Gasteiger partial charge in [0.1, 0.15) is 11.8 Å². The number of hydrogen-bond donors (Lipinski definition) is 3. The van der Waals surface area contributed by atoms with Crippen molar-refractivity contribution in [2.75, 3.05) is 51.6 Å². The molecule has 48 heavy (non-hydrogen) atoms. The molecule has 4 aliphatic heterocycles. The van der Waals surface area contributed by atoms with Crippen LogP contribution in [0.3, 0.4) is 0 Å². The van der Waals surface area contributed by atoms with E-state index in [9.17, 15) is 20.0 Å². The number of carbonyl (C=O) groups excluding carboxylic acids is 2. The summed E-state index contributed by atoms with van der Waals surface area (Å²) in [5.41, 5.74) is 2.79. The van der Waals surface area contributed by atoms with E-state index >= 15 is 0 Å². The van der Waals surface area contributed by atoms with Gasteiger partial charge in [0.15, 0.2) is 6.19 Å². The number of carbonyl (C=O) groups is 2. The lowest BCUT2D eigenvalue weighted by Gasteiger charge is -2.41. The molecule has 6 rings (SSSR count). The number of benzene rings is 2. The van der Waals surface area contributed by atoms with Crippen LogP contribution in [0.5, 0.6) is 5.75 Å². The molecule has 0 aliphatic carbocycles. The number of urea groups is 1. The van der Waals surface area contributed by atoms with Crippen LogP contribution >= 0.6 is 31.9 Å². The van der Waals surface area contributed by atoms with Crippen molar-refractivity contribution in [2.45, 2.75) is 63.6 Å². The summed E-state index contributed by atoms with van der Waals surface area (Å²) in [5, 5.41) is 25.9. The minimum absolute atomic E-state index is 0.0482. The van der Waals surface area contributed by atoms with Crippen LogP contribution in [0.2, 0.25) is 0 Å². The lowest BCUT2D eigenvalue weighted by atomic mass is 9.79. The number of para-hydroxylation sites is 1. The number of nitrogens with zero attached hydrogens (tertiary/aromatic N) is 6. The van der Waals surface area contributed by atoms with E-state index in [1.54, 1.807) is 0 Å². The summed E-state index contributed by atoms with van der Waals surface area (Å²) >= 11 is 6.86. The molecule has 0 radical (unpaired) electrons. The molecule has 0 bridgehead atoms. The normalized spacial score (nSPS) is 21.0. The van der Waals surface area contributed by atoms with Crippen molar-refractivity contribution in [3.8, 4) is 11.9 Å². The second-order valence-electron chi connectivity index (χ2n) is 13.6. The van der Waals surface area contributed by atoms with Crippen molar-refractivity contribution >= 4 is 55.4 Å². The summed E-state index contributed by atoms with van der Waals surface area (Å²) < 4.78 is 1.06.